The number of carboxylic acids is 1. The third kappa shape index (κ3) is 2.54. The minimum Gasteiger partial charge on any atom is -0.479 e. The molecule has 5 nitrogen and oxygen atoms in total. The molecule has 5 heteroatoms. The highest BCUT2D eigenvalue weighted by atomic mass is 16.4. The van der Waals surface area contributed by atoms with Crippen molar-refractivity contribution >= 4 is 11.9 Å². The number of benzene rings is 1. The van der Waals surface area contributed by atoms with Gasteiger partial charge in [0.25, 0.3) is 0 Å². The van der Waals surface area contributed by atoms with Gasteiger partial charge in [0.15, 0.2) is 6.04 Å². The zero-order valence-electron chi connectivity index (χ0n) is 11.7. The standard InChI is InChI=1S/C15H20N2O3/c1-9(2)12(16)14(18)17-8-7-10-5-3-4-6-11(10)13(17)15(19)20/h3-6,9,12-13H,7-8,16H2,1-2H3,(H,19,20). The van der Waals surface area contributed by atoms with E-state index >= 15 is 0 Å². The molecule has 1 aliphatic heterocycles. The minimum absolute atomic E-state index is 0.0193. The summed E-state index contributed by atoms with van der Waals surface area (Å²) in [7, 11) is 0. The summed E-state index contributed by atoms with van der Waals surface area (Å²) in [6, 6.07) is 5.77. The number of carbonyl (C=O) groups excluding carboxylic acids is 1. The first-order chi connectivity index (χ1) is 9.43. The Balaban J connectivity index is 2.36. The Morgan fingerprint density at radius 2 is 2.00 bits per heavy atom. The summed E-state index contributed by atoms with van der Waals surface area (Å²) in [5.41, 5.74) is 7.57. The van der Waals surface area contributed by atoms with Gasteiger partial charge in [-0.2, -0.15) is 0 Å². The van der Waals surface area contributed by atoms with Crippen LogP contribution in [0.15, 0.2) is 24.3 Å². The third-order valence-corrected chi connectivity index (χ3v) is 3.80. The predicted octanol–water partition coefficient (Wildman–Crippen LogP) is 1.18. The van der Waals surface area contributed by atoms with Crippen molar-refractivity contribution in [2.45, 2.75) is 32.4 Å². The van der Waals surface area contributed by atoms with Gasteiger partial charge in [-0.3, -0.25) is 4.79 Å². The molecule has 2 unspecified atom stereocenters. The van der Waals surface area contributed by atoms with Crippen LogP contribution in [0.3, 0.4) is 0 Å². The molecule has 0 fully saturated rings. The van der Waals surface area contributed by atoms with Gasteiger partial charge in [0.05, 0.1) is 6.04 Å². The summed E-state index contributed by atoms with van der Waals surface area (Å²) in [5.74, 6) is -1.32. The van der Waals surface area contributed by atoms with Gasteiger partial charge in [0, 0.05) is 6.54 Å². The highest BCUT2D eigenvalue weighted by Gasteiger charge is 2.37. The Morgan fingerprint density at radius 3 is 2.60 bits per heavy atom. The van der Waals surface area contributed by atoms with Crippen LogP contribution in [0.5, 0.6) is 0 Å². The lowest BCUT2D eigenvalue weighted by atomic mass is 9.91. The summed E-state index contributed by atoms with van der Waals surface area (Å²) in [6.07, 6.45) is 0.663. The van der Waals surface area contributed by atoms with E-state index in [-0.39, 0.29) is 11.8 Å². The fourth-order valence-corrected chi connectivity index (χ4v) is 2.55. The maximum Gasteiger partial charge on any atom is 0.331 e. The van der Waals surface area contributed by atoms with E-state index in [0.717, 1.165) is 5.56 Å². The van der Waals surface area contributed by atoms with Gasteiger partial charge in [-0.1, -0.05) is 38.1 Å². The summed E-state index contributed by atoms with van der Waals surface area (Å²) in [5, 5.41) is 9.49. The van der Waals surface area contributed by atoms with Gasteiger partial charge in [0.1, 0.15) is 0 Å². The first-order valence-corrected chi connectivity index (χ1v) is 6.80. The molecule has 1 amide bonds. The molecule has 0 radical (unpaired) electrons. The third-order valence-electron chi connectivity index (χ3n) is 3.80. The number of fused-ring (bicyclic) bond motifs is 1. The fourth-order valence-electron chi connectivity index (χ4n) is 2.55. The quantitative estimate of drug-likeness (QED) is 0.868. The van der Waals surface area contributed by atoms with Crippen molar-refractivity contribution in [2.24, 2.45) is 11.7 Å². The molecule has 20 heavy (non-hydrogen) atoms. The first-order valence-electron chi connectivity index (χ1n) is 6.80. The lowest BCUT2D eigenvalue weighted by Gasteiger charge is -2.36. The molecular formula is C15H20N2O3. The topological polar surface area (TPSA) is 83.6 Å². The van der Waals surface area contributed by atoms with Gasteiger partial charge in [-0.05, 0) is 23.5 Å². The van der Waals surface area contributed by atoms with E-state index in [4.69, 9.17) is 5.73 Å². The molecule has 3 N–H and O–H groups in total. The highest BCUT2D eigenvalue weighted by Crippen LogP contribution is 2.30. The van der Waals surface area contributed by atoms with Crippen LogP contribution in [0.25, 0.3) is 0 Å². The number of carboxylic acid groups (broad SMARTS) is 1. The molecule has 0 saturated carbocycles. The van der Waals surface area contributed by atoms with Gasteiger partial charge in [0.2, 0.25) is 5.91 Å². The van der Waals surface area contributed by atoms with Crippen LogP contribution < -0.4 is 5.73 Å². The molecule has 108 valence electrons. The van der Waals surface area contributed by atoms with E-state index in [1.54, 1.807) is 12.1 Å². The molecule has 0 saturated heterocycles. The van der Waals surface area contributed by atoms with E-state index in [0.29, 0.717) is 18.5 Å². The van der Waals surface area contributed by atoms with E-state index in [1.807, 2.05) is 26.0 Å². The zero-order valence-corrected chi connectivity index (χ0v) is 11.7. The number of hydrogen-bond acceptors (Lipinski definition) is 3. The normalized spacial score (nSPS) is 19.6. The van der Waals surface area contributed by atoms with Crippen LogP contribution in [0.1, 0.15) is 31.0 Å². The van der Waals surface area contributed by atoms with Crippen LogP contribution in [-0.4, -0.2) is 34.5 Å². The Labute approximate surface area is 118 Å². The van der Waals surface area contributed by atoms with Crippen molar-refractivity contribution in [2.75, 3.05) is 6.54 Å². The Morgan fingerprint density at radius 1 is 1.35 bits per heavy atom. The van der Waals surface area contributed by atoms with Crippen LogP contribution >= 0.6 is 0 Å². The van der Waals surface area contributed by atoms with Gasteiger partial charge in [-0.15, -0.1) is 0 Å². The predicted molar refractivity (Wildman–Crippen MR) is 75.0 cm³/mol. The number of nitrogens with two attached hydrogens (primary N) is 1. The van der Waals surface area contributed by atoms with Crippen LogP contribution in [-0.2, 0) is 16.0 Å². The minimum atomic E-state index is -1.01. The average molecular weight is 276 g/mol. The maximum absolute atomic E-state index is 12.4. The Hall–Kier alpha value is -1.88. The van der Waals surface area contributed by atoms with Crippen molar-refractivity contribution in [3.8, 4) is 0 Å². The molecule has 0 aliphatic carbocycles. The number of aliphatic carboxylic acids is 1. The van der Waals surface area contributed by atoms with Crippen molar-refractivity contribution in [3.05, 3.63) is 35.4 Å². The second-order valence-corrected chi connectivity index (χ2v) is 5.49. The maximum atomic E-state index is 12.4. The molecule has 1 aromatic carbocycles. The Bertz CT molecular complexity index is 528. The smallest absolute Gasteiger partial charge is 0.331 e. The van der Waals surface area contributed by atoms with Crippen molar-refractivity contribution in [1.82, 2.24) is 4.90 Å². The largest absolute Gasteiger partial charge is 0.479 e. The lowest BCUT2D eigenvalue weighted by Crippen LogP contribution is -2.51. The number of rotatable bonds is 3. The van der Waals surface area contributed by atoms with E-state index in [2.05, 4.69) is 0 Å². The Kier molecular flexibility index (Phi) is 4.09. The van der Waals surface area contributed by atoms with Gasteiger partial charge in [-0.25, -0.2) is 4.79 Å². The molecule has 1 aliphatic rings. The zero-order chi connectivity index (χ0) is 14.9. The highest BCUT2D eigenvalue weighted by molar-refractivity contribution is 5.88. The van der Waals surface area contributed by atoms with E-state index < -0.39 is 18.1 Å². The molecule has 1 aromatic rings. The summed E-state index contributed by atoms with van der Waals surface area (Å²) < 4.78 is 0. The van der Waals surface area contributed by atoms with Crippen LogP contribution in [0.2, 0.25) is 0 Å². The van der Waals surface area contributed by atoms with Crippen LogP contribution in [0, 0.1) is 5.92 Å². The summed E-state index contributed by atoms with van der Waals surface area (Å²) in [6.45, 7) is 4.11. The van der Waals surface area contributed by atoms with Crippen molar-refractivity contribution in [3.63, 3.8) is 0 Å². The van der Waals surface area contributed by atoms with E-state index in [1.165, 1.54) is 4.90 Å². The molecular weight excluding hydrogens is 256 g/mol. The number of amides is 1. The second kappa shape index (κ2) is 5.63. The average Bonchev–Trinajstić information content (AvgIpc) is 2.44. The summed E-state index contributed by atoms with van der Waals surface area (Å²) >= 11 is 0. The van der Waals surface area contributed by atoms with Crippen molar-refractivity contribution < 1.29 is 14.7 Å². The van der Waals surface area contributed by atoms with Gasteiger partial charge >= 0.3 is 5.97 Å². The van der Waals surface area contributed by atoms with Crippen LogP contribution in [0.4, 0.5) is 0 Å². The fraction of sp³-hybridized carbons (Fsp3) is 0.467. The first kappa shape index (κ1) is 14.5. The summed E-state index contributed by atoms with van der Waals surface area (Å²) in [4.78, 5) is 25.4. The van der Waals surface area contributed by atoms with Gasteiger partial charge < -0.3 is 15.7 Å². The second-order valence-electron chi connectivity index (χ2n) is 5.49. The molecule has 0 bridgehead atoms. The molecule has 0 spiro atoms. The number of hydrogen-bond donors (Lipinski definition) is 2. The number of carbonyl (C=O) groups is 2. The molecule has 2 atom stereocenters. The molecule has 1 heterocycles. The lowest BCUT2D eigenvalue weighted by molar-refractivity contribution is -0.152. The van der Waals surface area contributed by atoms with Crippen molar-refractivity contribution in [1.29, 1.82) is 0 Å². The molecule has 0 aromatic heterocycles. The SMILES string of the molecule is CC(C)C(N)C(=O)N1CCc2ccccc2C1C(=O)O. The number of nitrogens with zero attached hydrogens (tertiary/aromatic N) is 1. The van der Waals surface area contributed by atoms with E-state index in [9.17, 15) is 14.7 Å². The molecule has 2 rings (SSSR count). The monoisotopic (exact) mass is 276 g/mol.